The average molecular weight is 280 g/mol. The van der Waals surface area contributed by atoms with Crippen LogP contribution in [0.15, 0.2) is 12.2 Å². The van der Waals surface area contributed by atoms with Crippen LogP contribution in [-0.4, -0.2) is 61.9 Å². The largest absolute Gasteiger partial charge is 0.392 e. The van der Waals surface area contributed by atoms with Crippen LogP contribution in [0.3, 0.4) is 0 Å². The van der Waals surface area contributed by atoms with Crippen molar-refractivity contribution in [2.75, 3.05) is 25.7 Å². The van der Waals surface area contributed by atoms with E-state index in [4.69, 9.17) is 19.3 Å². The number of hydrogen-bond donors (Lipinski definition) is 4. The summed E-state index contributed by atoms with van der Waals surface area (Å²) in [7, 11) is -7.33. The Morgan fingerprint density at radius 3 is 1.00 bits per heavy atom. The first-order valence-corrected chi connectivity index (χ1v) is 7.33. The zero-order chi connectivity index (χ0) is 13.8. The van der Waals surface area contributed by atoms with Crippen molar-refractivity contribution in [3.8, 4) is 0 Å². The van der Waals surface area contributed by atoms with Gasteiger partial charge in [-0.25, -0.2) is 0 Å². The molecule has 16 heavy (non-hydrogen) atoms. The third kappa shape index (κ3) is 341. The molecule has 0 spiro atoms. The van der Waals surface area contributed by atoms with Gasteiger partial charge in [-0.15, -0.1) is 0 Å². The highest BCUT2D eigenvalue weighted by Crippen LogP contribution is 1.63. The summed E-state index contributed by atoms with van der Waals surface area (Å²) in [6.45, 7) is 0.0289. The number of aliphatic hydroxyl groups is 2. The van der Waals surface area contributed by atoms with Crippen LogP contribution in [-0.2, 0) is 20.2 Å². The van der Waals surface area contributed by atoms with E-state index in [1.54, 1.807) is 0 Å². The Morgan fingerprint density at radius 2 is 0.938 bits per heavy atom. The third-order valence-corrected chi connectivity index (χ3v) is 0.377. The van der Waals surface area contributed by atoms with E-state index >= 15 is 0 Å². The van der Waals surface area contributed by atoms with Gasteiger partial charge in [0, 0.05) is 0 Å². The van der Waals surface area contributed by atoms with Crippen molar-refractivity contribution in [1.82, 2.24) is 0 Å². The summed E-state index contributed by atoms with van der Waals surface area (Å²) in [6, 6.07) is 0. The molecule has 100 valence electrons. The third-order valence-electron chi connectivity index (χ3n) is 0.377. The van der Waals surface area contributed by atoms with Gasteiger partial charge in [-0.05, 0) is 0 Å². The molecule has 0 amide bonds. The second-order valence-corrected chi connectivity index (χ2v) is 5.23. The van der Waals surface area contributed by atoms with E-state index in [-0.39, 0.29) is 13.2 Å². The number of hydrogen-bond acceptors (Lipinski definition) is 6. The monoisotopic (exact) mass is 280 g/mol. The highest BCUT2D eigenvalue weighted by atomic mass is 32.2. The summed E-state index contributed by atoms with van der Waals surface area (Å²) in [4.78, 5) is 0. The van der Waals surface area contributed by atoms with Crippen molar-refractivity contribution in [1.29, 1.82) is 0 Å². The summed E-state index contributed by atoms with van der Waals surface area (Å²) in [5.74, 6) is 0. The summed E-state index contributed by atoms with van der Waals surface area (Å²) >= 11 is 0. The molecule has 0 unspecified atom stereocenters. The molecule has 0 rings (SSSR count). The van der Waals surface area contributed by atoms with Crippen LogP contribution < -0.4 is 0 Å². The Hall–Kier alpha value is -0.520. The van der Waals surface area contributed by atoms with Gasteiger partial charge in [-0.2, -0.15) is 16.8 Å². The lowest BCUT2D eigenvalue weighted by Gasteiger charge is -1.73. The maximum atomic E-state index is 9.19. The SMILES string of the molecule is CS(=O)(=O)O.CS(=O)(=O)O.OCC=CCO. The molecule has 4 N–H and O–H groups in total. The lowest BCUT2D eigenvalue weighted by molar-refractivity contribution is 0.329. The van der Waals surface area contributed by atoms with Crippen LogP contribution in [0.1, 0.15) is 0 Å². The van der Waals surface area contributed by atoms with Gasteiger partial charge in [-0.3, -0.25) is 9.11 Å². The highest BCUT2D eigenvalue weighted by molar-refractivity contribution is 7.85. The molecule has 0 aromatic rings. The Morgan fingerprint density at radius 1 is 0.812 bits per heavy atom. The van der Waals surface area contributed by atoms with Gasteiger partial charge >= 0.3 is 0 Å². The first-order chi connectivity index (χ1) is 6.91. The van der Waals surface area contributed by atoms with Crippen molar-refractivity contribution >= 4 is 20.2 Å². The van der Waals surface area contributed by atoms with E-state index in [0.717, 1.165) is 0 Å². The first-order valence-electron chi connectivity index (χ1n) is 3.63. The minimum Gasteiger partial charge on any atom is -0.392 e. The van der Waals surface area contributed by atoms with E-state index < -0.39 is 20.2 Å². The molecule has 0 saturated heterocycles. The summed E-state index contributed by atoms with van der Waals surface area (Å²) in [5, 5.41) is 16.0. The predicted octanol–water partition coefficient (Wildman–Crippen LogP) is -1.46. The maximum Gasteiger partial charge on any atom is 0.261 e. The molecule has 0 fully saturated rings. The molecular formula is C6H16O8S2. The molecule has 0 aliphatic rings. The average Bonchev–Trinajstić information content (AvgIpc) is 1.94. The smallest absolute Gasteiger partial charge is 0.261 e. The van der Waals surface area contributed by atoms with Gasteiger partial charge in [0.2, 0.25) is 0 Å². The molecule has 0 aromatic heterocycles. The maximum absolute atomic E-state index is 9.19. The summed E-state index contributed by atoms with van der Waals surface area (Å²) < 4.78 is 51.7. The number of rotatable bonds is 2. The molecule has 0 aromatic carbocycles. The predicted molar refractivity (Wildman–Crippen MR) is 58.3 cm³/mol. The van der Waals surface area contributed by atoms with Crippen LogP contribution in [0.4, 0.5) is 0 Å². The zero-order valence-electron chi connectivity index (χ0n) is 8.81. The van der Waals surface area contributed by atoms with E-state index in [2.05, 4.69) is 0 Å². The molecule has 0 aliphatic carbocycles. The molecule has 0 saturated carbocycles. The molecule has 0 atom stereocenters. The standard InChI is InChI=1S/C4H8O2.2CH4O3S/c5-3-1-2-4-6;2*1-5(2,3)4/h1-2,5-6H,3-4H2;2*1H3,(H,2,3,4). The lowest BCUT2D eigenvalue weighted by atomic mass is 10.5. The van der Waals surface area contributed by atoms with Crippen molar-refractivity contribution < 1.29 is 36.2 Å². The fourth-order valence-corrected chi connectivity index (χ4v) is 0.149. The minimum atomic E-state index is -3.67. The highest BCUT2D eigenvalue weighted by Gasteiger charge is 1.82. The summed E-state index contributed by atoms with van der Waals surface area (Å²) in [5.41, 5.74) is 0. The molecular weight excluding hydrogens is 264 g/mol. The van der Waals surface area contributed by atoms with Crippen LogP contribution in [0.2, 0.25) is 0 Å². The minimum absolute atomic E-state index is 0.0144. The fraction of sp³-hybridized carbons (Fsp3) is 0.667. The van der Waals surface area contributed by atoms with Crippen molar-refractivity contribution in [3.63, 3.8) is 0 Å². The Balaban J connectivity index is -0.000000160. The molecule has 0 bridgehead atoms. The Kier molecular flexibility index (Phi) is 14.3. The lowest BCUT2D eigenvalue weighted by Crippen LogP contribution is -1.88. The first kappa shape index (κ1) is 20.8. The van der Waals surface area contributed by atoms with Gasteiger partial charge in [0.15, 0.2) is 0 Å². The van der Waals surface area contributed by atoms with Crippen molar-refractivity contribution in [3.05, 3.63) is 12.2 Å². The van der Waals surface area contributed by atoms with Crippen LogP contribution >= 0.6 is 0 Å². The topological polar surface area (TPSA) is 149 Å². The fourth-order valence-electron chi connectivity index (χ4n) is 0.149. The van der Waals surface area contributed by atoms with Gasteiger partial charge in [0.05, 0.1) is 25.7 Å². The van der Waals surface area contributed by atoms with Crippen LogP contribution in [0, 0.1) is 0 Å². The van der Waals surface area contributed by atoms with Gasteiger partial charge in [0.25, 0.3) is 20.2 Å². The Bertz CT molecular complexity index is 300. The van der Waals surface area contributed by atoms with E-state index in [1.165, 1.54) is 12.2 Å². The van der Waals surface area contributed by atoms with E-state index in [0.29, 0.717) is 12.5 Å². The van der Waals surface area contributed by atoms with Crippen LogP contribution in [0.5, 0.6) is 0 Å². The quantitative estimate of drug-likeness (QED) is 0.354. The van der Waals surface area contributed by atoms with Crippen molar-refractivity contribution in [2.24, 2.45) is 0 Å². The second kappa shape index (κ2) is 11.0. The van der Waals surface area contributed by atoms with Gasteiger partial charge in [-0.1, -0.05) is 12.2 Å². The number of aliphatic hydroxyl groups excluding tert-OH is 2. The molecule has 0 aliphatic heterocycles. The zero-order valence-corrected chi connectivity index (χ0v) is 10.4. The molecule has 0 radical (unpaired) electrons. The summed E-state index contributed by atoms with van der Waals surface area (Å²) in [6.07, 6.45) is 4.40. The molecule has 0 heterocycles. The van der Waals surface area contributed by atoms with Crippen LogP contribution in [0.25, 0.3) is 0 Å². The van der Waals surface area contributed by atoms with E-state index in [9.17, 15) is 16.8 Å². The normalized spacial score (nSPS) is 11.1. The Labute approximate surface area is 94.7 Å². The van der Waals surface area contributed by atoms with Gasteiger partial charge < -0.3 is 10.2 Å². The van der Waals surface area contributed by atoms with E-state index in [1.807, 2.05) is 0 Å². The van der Waals surface area contributed by atoms with Crippen molar-refractivity contribution in [2.45, 2.75) is 0 Å². The van der Waals surface area contributed by atoms with Gasteiger partial charge in [0.1, 0.15) is 0 Å². The molecule has 8 nitrogen and oxygen atoms in total. The second-order valence-electron chi connectivity index (χ2n) is 2.30. The molecule has 10 heteroatoms.